The first-order chi connectivity index (χ1) is 8.20. The maximum absolute atomic E-state index is 6.09. The summed E-state index contributed by atoms with van der Waals surface area (Å²) in [6.45, 7) is 0. The van der Waals surface area contributed by atoms with Crippen LogP contribution in [0.15, 0.2) is 42.5 Å². The maximum atomic E-state index is 6.09. The Kier molecular flexibility index (Phi) is 3.77. The van der Waals surface area contributed by atoms with Gasteiger partial charge in [0.25, 0.3) is 0 Å². The van der Waals surface area contributed by atoms with Crippen LogP contribution < -0.4 is 10.6 Å². The molecule has 0 bridgehead atoms. The molecule has 0 atom stereocenters. The lowest BCUT2D eigenvalue weighted by Gasteiger charge is -2.09. The molecule has 2 N–H and O–H groups in total. The molecule has 0 radical (unpaired) electrons. The van der Waals surface area contributed by atoms with E-state index in [2.05, 4.69) is 10.6 Å². The van der Waals surface area contributed by atoms with E-state index in [0.29, 0.717) is 10.0 Å². The maximum Gasteiger partial charge on any atom is 0.0827 e. The lowest BCUT2D eigenvalue weighted by Crippen LogP contribution is -1.92. The smallest absolute Gasteiger partial charge is 0.0827 e. The van der Waals surface area contributed by atoms with E-state index in [4.69, 9.17) is 23.2 Å². The van der Waals surface area contributed by atoms with Gasteiger partial charge in [-0.1, -0.05) is 29.3 Å². The second kappa shape index (κ2) is 5.30. The third-order valence-corrected chi connectivity index (χ3v) is 3.22. The van der Waals surface area contributed by atoms with E-state index < -0.39 is 0 Å². The Hall–Kier alpha value is -1.38. The van der Waals surface area contributed by atoms with Gasteiger partial charge in [0.15, 0.2) is 0 Å². The molecule has 0 aliphatic carbocycles. The van der Waals surface area contributed by atoms with Gasteiger partial charge in [0, 0.05) is 18.4 Å². The molecule has 0 fully saturated rings. The fraction of sp³-hybridized carbons (Fsp3) is 0.0769. The van der Waals surface area contributed by atoms with Gasteiger partial charge >= 0.3 is 0 Å². The fourth-order valence-electron chi connectivity index (χ4n) is 1.48. The Morgan fingerprint density at radius 1 is 0.882 bits per heavy atom. The molecular formula is C13H12Cl2N2. The number of halogens is 2. The van der Waals surface area contributed by atoms with Crippen molar-refractivity contribution in [3.8, 4) is 0 Å². The molecule has 0 aliphatic heterocycles. The molecule has 0 aromatic heterocycles. The largest absolute Gasteiger partial charge is 0.388 e. The van der Waals surface area contributed by atoms with Crippen molar-refractivity contribution in [3.05, 3.63) is 52.5 Å². The van der Waals surface area contributed by atoms with Crippen LogP contribution in [0.4, 0.5) is 17.1 Å². The third-order valence-electron chi connectivity index (χ3n) is 2.40. The Balaban J connectivity index is 2.22. The Morgan fingerprint density at radius 2 is 1.53 bits per heavy atom. The monoisotopic (exact) mass is 266 g/mol. The average molecular weight is 267 g/mol. The zero-order chi connectivity index (χ0) is 12.3. The quantitative estimate of drug-likeness (QED) is 0.836. The summed E-state index contributed by atoms with van der Waals surface area (Å²) in [7, 11) is 1.89. The van der Waals surface area contributed by atoms with Crippen LogP contribution in [-0.4, -0.2) is 7.05 Å². The van der Waals surface area contributed by atoms with Crippen molar-refractivity contribution in [2.45, 2.75) is 0 Å². The first-order valence-corrected chi connectivity index (χ1v) is 5.95. The highest BCUT2D eigenvalue weighted by Crippen LogP contribution is 2.31. The van der Waals surface area contributed by atoms with Gasteiger partial charge in [-0.15, -0.1) is 0 Å². The predicted molar refractivity (Wildman–Crippen MR) is 75.7 cm³/mol. The molecule has 0 amide bonds. The van der Waals surface area contributed by atoms with E-state index in [9.17, 15) is 0 Å². The molecule has 0 unspecified atom stereocenters. The first kappa shape index (κ1) is 12.1. The van der Waals surface area contributed by atoms with Crippen molar-refractivity contribution in [3.63, 3.8) is 0 Å². The molecule has 4 heteroatoms. The summed E-state index contributed by atoms with van der Waals surface area (Å²) in [5, 5.41) is 7.36. The third kappa shape index (κ3) is 2.84. The lowest BCUT2D eigenvalue weighted by molar-refractivity contribution is 1.49. The summed E-state index contributed by atoms with van der Waals surface area (Å²) in [5.74, 6) is 0. The molecule has 0 spiro atoms. The molecule has 2 aromatic rings. The molecule has 0 saturated heterocycles. The van der Waals surface area contributed by atoms with Gasteiger partial charge in [-0.25, -0.2) is 0 Å². The topological polar surface area (TPSA) is 24.1 Å². The van der Waals surface area contributed by atoms with Crippen LogP contribution in [-0.2, 0) is 0 Å². The van der Waals surface area contributed by atoms with Crippen LogP contribution in [0, 0.1) is 0 Å². The van der Waals surface area contributed by atoms with Gasteiger partial charge in [-0.05, 0) is 36.4 Å². The lowest BCUT2D eigenvalue weighted by atomic mass is 10.2. The van der Waals surface area contributed by atoms with Crippen molar-refractivity contribution in [2.75, 3.05) is 17.7 Å². The van der Waals surface area contributed by atoms with E-state index in [1.807, 2.05) is 43.4 Å². The summed E-state index contributed by atoms with van der Waals surface area (Å²) in [6.07, 6.45) is 0. The molecule has 2 aromatic carbocycles. The number of hydrogen-bond acceptors (Lipinski definition) is 2. The second-order valence-corrected chi connectivity index (χ2v) is 4.34. The van der Waals surface area contributed by atoms with Crippen molar-refractivity contribution in [2.24, 2.45) is 0 Å². The Bertz CT molecular complexity index is 509. The molecule has 2 nitrogen and oxygen atoms in total. The highest BCUT2D eigenvalue weighted by atomic mass is 35.5. The number of benzene rings is 2. The van der Waals surface area contributed by atoms with Crippen LogP contribution in [0.5, 0.6) is 0 Å². The van der Waals surface area contributed by atoms with Gasteiger partial charge in [0.1, 0.15) is 0 Å². The summed E-state index contributed by atoms with van der Waals surface area (Å²) in [6, 6.07) is 13.4. The van der Waals surface area contributed by atoms with Gasteiger partial charge in [-0.2, -0.15) is 0 Å². The molecular weight excluding hydrogens is 255 g/mol. The fourth-order valence-corrected chi connectivity index (χ4v) is 1.82. The SMILES string of the molecule is CNc1ccc(Nc2cccc(Cl)c2Cl)cc1. The van der Waals surface area contributed by atoms with Gasteiger partial charge in [0.05, 0.1) is 15.7 Å². The number of hydrogen-bond donors (Lipinski definition) is 2. The highest BCUT2D eigenvalue weighted by molar-refractivity contribution is 6.43. The number of rotatable bonds is 3. The first-order valence-electron chi connectivity index (χ1n) is 5.19. The van der Waals surface area contributed by atoms with Crippen molar-refractivity contribution in [1.82, 2.24) is 0 Å². The minimum absolute atomic E-state index is 0.534. The molecule has 17 heavy (non-hydrogen) atoms. The summed E-state index contributed by atoms with van der Waals surface area (Å²) in [5.41, 5.74) is 2.83. The standard InChI is InChI=1S/C13H12Cl2N2/c1-16-9-5-7-10(8-6-9)17-12-4-2-3-11(14)13(12)15/h2-8,16-17H,1H3. The van der Waals surface area contributed by atoms with E-state index >= 15 is 0 Å². The number of nitrogens with one attached hydrogen (secondary N) is 2. The zero-order valence-corrected chi connectivity index (χ0v) is 10.8. The van der Waals surface area contributed by atoms with Gasteiger partial charge in [-0.3, -0.25) is 0 Å². The van der Waals surface area contributed by atoms with Gasteiger partial charge < -0.3 is 10.6 Å². The zero-order valence-electron chi connectivity index (χ0n) is 9.30. The predicted octanol–water partition coefficient (Wildman–Crippen LogP) is 4.78. The van der Waals surface area contributed by atoms with Crippen molar-refractivity contribution in [1.29, 1.82) is 0 Å². The summed E-state index contributed by atoms with van der Waals surface area (Å²) in [4.78, 5) is 0. The molecule has 2 rings (SSSR count). The molecule has 0 aliphatic rings. The van der Waals surface area contributed by atoms with Crippen LogP contribution in [0.1, 0.15) is 0 Å². The van der Waals surface area contributed by atoms with E-state index in [1.165, 1.54) is 0 Å². The van der Waals surface area contributed by atoms with Crippen molar-refractivity contribution < 1.29 is 0 Å². The van der Waals surface area contributed by atoms with E-state index in [-0.39, 0.29) is 0 Å². The van der Waals surface area contributed by atoms with E-state index in [0.717, 1.165) is 17.1 Å². The van der Waals surface area contributed by atoms with Crippen molar-refractivity contribution >= 4 is 40.3 Å². The summed E-state index contributed by atoms with van der Waals surface area (Å²) >= 11 is 12.0. The Morgan fingerprint density at radius 3 is 2.18 bits per heavy atom. The van der Waals surface area contributed by atoms with Crippen LogP contribution in [0.3, 0.4) is 0 Å². The average Bonchev–Trinajstić information content (AvgIpc) is 2.36. The second-order valence-electron chi connectivity index (χ2n) is 3.55. The van der Waals surface area contributed by atoms with Crippen LogP contribution >= 0.6 is 23.2 Å². The summed E-state index contributed by atoms with van der Waals surface area (Å²) < 4.78 is 0. The Labute approximate surface area is 111 Å². The van der Waals surface area contributed by atoms with Crippen LogP contribution in [0.25, 0.3) is 0 Å². The molecule has 0 heterocycles. The van der Waals surface area contributed by atoms with Gasteiger partial charge in [0.2, 0.25) is 0 Å². The van der Waals surface area contributed by atoms with E-state index in [1.54, 1.807) is 6.07 Å². The van der Waals surface area contributed by atoms with Crippen LogP contribution in [0.2, 0.25) is 10.0 Å². The normalized spacial score (nSPS) is 10.1. The number of anilines is 3. The molecule has 0 saturated carbocycles. The minimum atomic E-state index is 0.534. The highest BCUT2D eigenvalue weighted by Gasteiger charge is 2.04. The minimum Gasteiger partial charge on any atom is -0.388 e. The molecule has 88 valence electrons.